The Morgan fingerprint density at radius 1 is 1.38 bits per heavy atom. The van der Waals surface area contributed by atoms with Gasteiger partial charge in [-0.25, -0.2) is 9.97 Å². The fourth-order valence-corrected chi connectivity index (χ4v) is 1.74. The molecule has 0 amide bonds. The molecule has 0 spiro atoms. The van der Waals surface area contributed by atoms with E-state index in [2.05, 4.69) is 15.3 Å². The van der Waals surface area contributed by atoms with Gasteiger partial charge in [-0.2, -0.15) is 0 Å². The molecule has 16 heavy (non-hydrogen) atoms. The zero-order valence-electron chi connectivity index (χ0n) is 9.24. The Morgan fingerprint density at radius 3 is 2.81 bits per heavy atom. The summed E-state index contributed by atoms with van der Waals surface area (Å²) in [5.74, 6) is 0.958. The maximum atomic E-state index is 6.01. The number of anilines is 1. The molecule has 0 saturated carbocycles. The Labute approximate surface area is 99.3 Å². The second-order valence-corrected chi connectivity index (χ2v) is 3.96. The summed E-state index contributed by atoms with van der Waals surface area (Å²) in [6, 6.07) is 1.92. The van der Waals surface area contributed by atoms with Crippen LogP contribution in [0.2, 0.25) is 5.15 Å². The van der Waals surface area contributed by atoms with Crippen molar-refractivity contribution in [2.24, 2.45) is 7.05 Å². The van der Waals surface area contributed by atoms with Crippen LogP contribution in [-0.2, 0) is 13.6 Å². The van der Waals surface area contributed by atoms with Gasteiger partial charge < -0.3 is 9.88 Å². The summed E-state index contributed by atoms with van der Waals surface area (Å²) >= 11 is 6.01. The van der Waals surface area contributed by atoms with Crippen molar-refractivity contribution < 1.29 is 0 Å². The molecule has 2 aromatic heterocycles. The largest absolute Gasteiger partial charge is 0.375 e. The van der Waals surface area contributed by atoms with E-state index < -0.39 is 0 Å². The quantitative estimate of drug-likeness (QED) is 0.833. The molecule has 0 aliphatic rings. The molecule has 84 valence electrons. The molecule has 0 fully saturated rings. The van der Waals surface area contributed by atoms with Gasteiger partial charge in [-0.05, 0) is 18.6 Å². The van der Waals surface area contributed by atoms with E-state index in [1.807, 2.05) is 30.8 Å². The summed E-state index contributed by atoms with van der Waals surface area (Å²) in [5, 5.41) is 3.74. The number of hydrogen-bond donors (Lipinski definition) is 1. The molecule has 0 bridgehead atoms. The zero-order chi connectivity index (χ0) is 11.5. The van der Waals surface area contributed by atoms with Gasteiger partial charge in [-0.1, -0.05) is 11.6 Å². The molecule has 0 aromatic carbocycles. The zero-order valence-corrected chi connectivity index (χ0v) is 9.99. The van der Waals surface area contributed by atoms with E-state index in [9.17, 15) is 0 Å². The van der Waals surface area contributed by atoms with Gasteiger partial charge in [-0.3, -0.25) is 0 Å². The highest BCUT2D eigenvalue weighted by Gasteiger charge is 2.05. The normalized spacial score (nSPS) is 10.4. The van der Waals surface area contributed by atoms with Crippen LogP contribution in [0.4, 0.5) is 5.69 Å². The third-order valence-electron chi connectivity index (χ3n) is 2.46. The lowest BCUT2D eigenvalue weighted by Crippen LogP contribution is -2.07. The molecule has 0 atom stereocenters. The van der Waals surface area contributed by atoms with Crippen molar-refractivity contribution in [3.63, 3.8) is 0 Å². The Kier molecular flexibility index (Phi) is 3.10. The van der Waals surface area contributed by atoms with Crippen LogP contribution in [0.15, 0.2) is 24.7 Å². The van der Waals surface area contributed by atoms with E-state index in [-0.39, 0.29) is 0 Å². The number of nitrogens with one attached hydrogen (secondary N) is 1. The summed E-state index contributed by atoms with van der Waals surface area (Å²) in [6.07, 6.45) is 5.38. The van der Waals surface area contributed by atoms with Crippen molar-refractivity contribution in [2.45, 2.75) is 13.5 Å². The highest BCUT2D eigenvalue weighted by atomic mass is 35.5. The predicted molar refractivity (Wildman–Crippen MR) is 64.5 cm³/mol. The lowest BCUT2D eigenvalue weighted by molar-refractivity contribution is 0.812. The second kappa shape index (κ2) is 4.53. The van der Waals surface area contributed by atoms with Crippen LogP contribution in [-0.4, -0.2) is 14.5 Å². The van der Waals surface area contributed by atoms with Gasteiger partial charge >= 0.3 is 0 Å². The Bertz CT molecular complexity index is 472. The Hall–Kier alpha value is -1.55. The maximum absolute atomic E-state index is 6.01. The molecular weight excluding hydrogens is 224 g/mol. The number of imidazole rings is 1. The van der Waals surface area contributed by atoms with Crippen molar-refractivity contribution in [2.75, 3.05) is 5.32 Å². The first-order valence-electron chi connectivity index (χ1n) is 4.99. The number of aromatic nitrogens is 3. The second-order valence-electron chi connectivity index (χ2n) is 3.60. The smallest absolute Gasteiger partial charge is 0.152 e. The number of nitrogens with zero attached hydrogens (tertiary/aromatic N) is 3. The highest BCUT2D eigenvalue weighted by Crippen LogP contribution is 2.22. The van der Waals surface area contributed by atoms with Crippen LogP contribution in [0, 0.1) is 6.92 Å². The van der Waals surface area contributed by atoms with E-state index in [1.165, 1.54) is 0 Å². The van der Waals surface area contributed by atoms with Crippen molar-refractivity contribution in [3.05, 3.63) is 41.2 Å². The fourth-order valence-electron chi connectivity index (χ4n) is 1.47. The molecular formula is C11H13ClN4. The third kappa shape index (κ3) is 2.17. The summed E-state index contributed by atoms with van der Waals surface area (Å²) in [6.45, 7) is 2.63. The number of pyridine rings is 1. The minimum absolute atomic E-state index is 0.495. The average molecular weight is 237 g/mol. The molecule has 0 aliphatic heterocycles. The number of aryl methyl sites for hydroxylation is 2. The first-order chi connectivity index (χ1) is 7.68. The summed E-state index contributed by atoms with van der Waals surface area (Å²) in [7, 11) is 1.96. The van der Waals surface area contributed by atoms with Gasteiger partial charge in [0, 0.05) is 25.6 Å². The minimum atomic E-state index is 0.495. The average Bonchev–Trinajstić information content (AvgIpc) is 2.64. The number of rotatable bonds is 3. The standard InChI is InChI=1S/C11H13ClN4/c1-8-3-4-14-11(12)10(8)15-7-9-13-5-6-16(9)2/h3-6,15H,7H2,1-2H3. The first-order valence-corrected chi connectivity index (χ1v) is 5.37. The number of halogens is 1. The molecule has 0 unspecified atom stereocenters. The molecule has 0 aliphatic carbocycles. The Balaban J connectivity index is 2.14. The van der Waals surface area contributed by atoms with Crippen LogP contribution in [0.25, 0.3) is 0 Å². The van der Waals surface area contributed by atoms with Gasteiger partial charge in [0.15, 0.2) is 5.15 Å². The predicted octanol–water partition coefficient (Wildman–Crippen LogP) is 2.39. The van der Waals surface area contributed by atoms with E-state index in [0.29, 0.717) is 11.7 Å². The van der Waals surface area contributed by atoms with Gasteiger partial charge in [0.25, 0.3) is 0 Å². The first kappa shape index (κ1) is 11.0. The summed E-state index contributed by atoms with van der Waals surface area (Å²) < 4.78 is 1.96. The molecule has 5 heteroatoms. The van der Waals surface area contributed by atoms with Crippen LogP contribution in [0.5, 0.6) is 0 Å². The Morgan fingerprint density at radius 2 is 2.19 bits per heavy atom. The van der Waals surface area contributed by atoms with E-state index in [4.69, 9.17) is 11.6 Å². The van der Waals surface area contributed by atoms with Gasteiger partial charge in [-0.15, -0.1) is 0 Å². The van der Waals surface area contributed by atoms with Crippen molar-refractivity contribution in [3.8, 4) is 0 Å². The fraction of sp³-hybridized carbons (Fsp3) is 0.273. The van der Waals surface area contributed by atoms with Gasteiger partial charge in [0.2, 0.25) is 0 Å². The van der Waals surface area contributed by atoms with Crippen LogP contribution in [0.1, 0.15) is 11.4 Å². The van der Waals surface area contributed by atoms with Gasteiger partial charge in [0.1, 0.15) is 5.82 Å². The van der Waals surface area contributed by atoms with Gasteiger partial charge in [0.05, 0.1) is 12.2 Å². The monoisotopic (exact) mass is 236 g/mol. The lowest BCUT2D eigenvalue weighted by Gasteiger charge is -2.10. The molecule has 2 heterocycles. The van der Waals surface area contributed by atoms with Crippen LogP contribution >= 0.6 is 11.6 Å². The van der Waals surface area contributed by atoms with Crippen molar-refractivity contribution in [1.82, 2.24) is 14.5 Å². The minimum Gasteiger partial charge on any atom is -0.375 e. The SMILES string of the molecule is Cc1ccnc(Cl)c1NCc1nccn1C. The molecule has 4 nitrogen and oxygen atoms in total. The molecule has 0 saturated heterocycles. The maximum Gasteiger partial charge on any atom is 0.152 e. The van der Waals surface area contributed by atoms with Crippen LogP contribution < -0.4 is 5.32 Å². The highest BCUT2D eigenvalue weighted by molar-refractivity contribution is 6.32. The van der Waals surface area contributed by atoms with Crippen LogP contribution in [0.3, 0.4) is 0 Å². The molecule has 0 radical (unpaired) electrons. The number of hydrogen-bond acceptors (Lipinski definition) is 3. The third-order valence-corrected chi connectivity index (χ3v) is 2.74. The summed E-state index contributed by atoms with van der Waals surface area (Å²) in [4.78, 5) is 8.27. The molecule has 1 N–H and O–H groups in total. The van der Waals surface area contributed by atoms with Crippen molar-refractivity contribution in [1.29, 1.82) is 0 Å². The topological polar surface area (TPSA) is 42.7 Å². The molecule has 2 rings (SSSR count). The van der Waals surface area contributed by atoms with E-state index in [1.54, 1.807) is 12.4 Å². The van der Waals surface area contributed by atoms with Crippen molar-refractivity contribution >= 4 is 17.3 Å². The van der Waals surface area contributed by atoms with E-state index >= 15 is 0 Å². The van der Waals surface area contributed by atoms with E-state index in [0.717, 1.165) is 17.1 Å². The summed E-state index contributed by atoms with van der Waals surface area (Å²) in [5.41, 5.74) is 1.95. The lowest BCUT2D eigenvalue weighted by atomic mass is 10.2. The molecule has 2 aromatic rings.